The van der Waals surface area contributed by atoms with Crippen molar-refractivity contribution < 1.29 is 8.78 Å². The fourth-order valence-corrected chi connectivity index (χ4v) is 3.71. The molecule has 0 unspecified atom stereocenters. The third-order valence-electron chi connectivity index (χ3n) is 5.04. The number of aromatic nitrogens is 4. The molecule has 0 aliphatic rings. The summed E-state index contributed by atoms with van der Waals surface area (Å²) in [6.07, 6.45) is 4.28. The number of hydrogen-bond donors (Lipinski definition) is 0. The molecule has 0 amide bonds. The molecule has 156 valence electrons. The van der Waals surface area contributed by atoms with E-state index in [0.29, 0.717) is 17.3 Å². The number of nitrogens with zero attached hydrogens (tertiary/aromatic N) is 5. The van der Waals surface area contributed by atoms with Crippen LogP contribution in [0.5, 0.6) is 0 Å². The van der Waals surface area contributed by atoms with Crippen molar-refractivity contribution in [2.24, 2.45) is 5.92 Å². The summed E-state index contributed by atoms with van der Waals surface area (Å²) in [6, 6.07) is 7.39. The molecule has 0 atom stereocenters. The van der Waals surface area contributed by atoms with Crippen LogP contribution in [-0.4, -0.2) is 32.4 Å². The van der Waals surface area contributed by atoms with Crippen molar-refractivity contribution in [1.82, 2.24) is 19.4 Å². The molecule has 30 heavy (non-hydrogen) atoms. The zero-order valence-corrected chi connectivity index (χ0v) is 17.7. The number of aryl methyl sites for hydroxylation is 1. The summed E-state index contributed by atoms with van der Waals surface area (Å²) in [5.74, 6) is -0.294. The lowest BCUT2D eigenvalue weighted by Gasteiger charge is -2.26. The Bertz CT molecular complexity index is 1220. The lowest BCUT2D eigenvalue weighted by molar-refractivity contribution is 0.559. The van der Waals surface area contributed by atoms with Gasteiger partial charge in [0.15, 0.2) is 17.3 Å². The van der Waals surface area contributed by atoms with Crippen molar-refractivity contribution in [3.05, 3.63) is 54.1 Å². The topological polar surface area (TPSA) is 46.3 Å². The molecule has 0 saturated carbocycles. The Balaban J connectivity index is 1.74. The van der Waals surface area contributed by atoms with E-state index in [-0.39, 0.29) is 11.3 Å². The first-order valence-electron chi connectivity index (χ1n) is 10.2. The van der Waals surface area contributed by atoms with Crippen LogP contribution in [0.15, 0.2) is 36.7 Å². The van der Waals surface area contributed by atoms with E-state index in [9.17, 15) is 8.78 Å². The van der Waals surface area contributed by atoms with E-state index >= 15 is 0 Å². The maximum atomic E-state index is 14.4. The second-order valence-electron chi connectivity index (χ2n) is 8.03. The van der Waals surface area contributed by atoms with Gasteiger partial charge in [-0.15, -0.1) is 0 Å². The zero-order valence-electron chi connectivity index (χ0n) is 17.7. The predicted molar refractivity (Wildman–Crippen MR) is 116 cm³/mol. The summed E-state index contributed by atoms with van der Waals surface area (Å²) < 4.78 is 29.8. The summed E-state index contributed by atoms with van der Waals surface area (Å²) in [5.41, 5.74) is 2.40. The van der Waals surface area contributed by atoms with E-state index < -0.39 is 11.8 Å². The molecule has 1 aromatic carbocycles. The van der Waals surface area contributed by atoms with Gasteiger partial charge in [-0.3, -0.25) is 4.40 Å². The molecule has 4 rings (SSSR count). The van der Waals surface area contributed by atoms with E-state index in [2.05, 4.69) is 52.8 Å². The van der Waals surface area contributed by atoms with Crippen molar-refractivity contribution in [3.63, 3.8) is 0 Å². The smallest absolute Gasteiger partial charge is 0.220 e. The first-order chi connectivity index (χ1) is 14.4. The Morgan fingerprint density at radius 2 is 1.93 bits per heavy atom. The summed E-state index contributed by atoms with van der Waals surface area (Å²) in [7, 11) is 0. The van der Waals surface area contributed by atoms with Crippen molar-refractivity contribution in [3.8, 4) is 11.4 Å². The number of fused-ring (bicyclic) bond motifs is 2. The molecule has 3 heterocycles. The van der Waals surface area contributed by atoms with Crippen LogP contribution in [0, 0.1) is 24.6 Å². The Kier molecular flexibility index (Phi) is 5.37. The van der Waals surface area contributed by atoms with E-state index in [1.54, 1.807) is 6.20 Å². The minimum absolute atomic E-state index is 0.0413. The highest BCUT2D eigenvalue weighted by Gasteiger charge is 2.16. The van der Waals surface area contributed by atoms with Gasteiger partial charge in [-0.05, 0) is 43.5 Å². The number of halogens is 2. The van der Waals surface area contributed by atoms with Crippen LogP contribution in [0.25, 0.3) is 27.9 Å². The highest BCUT2D eigenvalue weighted by atomic mass is 19.1. The molecular formula is C23H25F2N5. The lowest BCUT2D eigenvalue weighted by atomic mass is 10.1. The van der Waals surface area contributed by atoms with Crippen molar-refractivity contribution >= 4 is 22.2 Å². The first-order valence-corrected chi connectivity index (χ1v) is 10.2. The van der Waals surface area contributed by atoms with Crippen LogP contribution in [-0.2, 0) is 0 Å². The second kappa shape index (κ2) is 7.97. The van der Waals surface area contributed by atoms with Gasteiger partial charge in [0.1, 0.15) is 0 Å². The first kappa shape index (κ1) is 20.2. The summed E-state index contributed by atoms with van der Waals surface area (Å²) in [5, 5.41) is 0.910. The fourth-order valence-electron chi connectivity index (χ4n) is 3.71. The van der Waals surface area contributed by atoms with Crippen molar-refractivity contribution in [2.75, 3.05) is 18.0 Å². The largest absolute Gasteiger partial charge is 0.371 e. The monoisotopic (exact) mass is 409 g/mol. The molecule has 0 spiro atoms. The minimum atomic E-state index is -0.609. The highest BCUT2D eigenvalue weighted by Crippen LogP contribution is 2.26. The predicted octanol–water partition coefficient (Wildman–Crippen LogP) is 5.40. The molecule has 0 fully saturated rings. The van der Waals surface area contributed by atoms with Gasteiger partial charge in [-0.1, -0.05) is 20.8 Å². The molecule has 0 saturated heterocycles. The van der Waals surface area contributed by atoms with Gasteiger partial charge in [0.25, 0.3) is 0 Å². The van der Waals surface area contributed by atoms with Gasteiger partial charge in [0.2, 0.25) is 5.95 Å². The van der Waals surface area contributed by atoms with E-state index in [0.717, 1.165) is 40.5 Å². The third kappa shape index (κ3) is 3.72. The number of rotatable bonds is 6. The van der Waals surface area contributed by atoms with Gasteiger partial charge in [-0.2, -0.15) is 4.39 Å². The van der Waals surface area contributed by atoms with Crippen LogP contribution >= 0.6 is 0 Å². The summed E-state index contributed by atoms with van der Waals surface area (Å²) >= 11 is 0. The third-order valence-corrected chi connectivity index (χ3v) is 5.04. The number of anilines is 1. The Labute approximate surface area is 174 Å². The van der Waals surface area contributed by atoms with E-state index in [1.807, 2.05) is 6.07 Å². The Morgan fingerprint density at radius 3 is 2.67 bits per heavy atom. The van der Waals surface area contributed by atoms with Gasteiger partial charge in [0, 0.05) is 42.1 Å². The molecule has 0 bridgehead atoms. The lowest BCUT2D eigenvalue weighted by Crippen LogP contribution is -2.28. The Hall–Kier alpha value is -3.09. The molecular weight excluding hydrogens is 384 g/mol. The number of benzene rings is 1. The maximum absolute atomic E-state index is 14.4. The summed E-state index contributed by atoms with van der Waals surface area (Å²) in [4.78, 5) is 15.3. The molecule has 5 nitrogen and oxygen atoms in total. The molecule has 3 aromatic heterocycles. The molecule has 0 N–H and O–H groups in total. The zero-order chi connectivity index (χ0) is 21.4. The Morgan fingerprint density at radius 1 is 1.13 bits per heavy atom. The average Bonchev–Trinajstić information content (AvgIpc) is 3.01. The quantitative estimate of drug-likeness (QED) is 0.428. The molecule has 0 aliphatic carbocycles. The van der Waals surface area contributed by atoms with Gasteiger partial charge in [-0.25, -0.2) is 19.3 Å². The number of imidazole rings is 1. The standard InChI is InChI=1S/C23H25F2N5/c1-5-8-29(12-14(2)3)18-6-7-20-16(9-18)11-26-22(28-20)17-10-19(24)23-27-15(4)21(25)30(23)13-17/h6-7,9-11,13-14H,5,8,12H2,1-4H3. The normalized spacial score (nSPS) is 11.7. The minimum Gasteiger partial charge on any atom is -0.371 e. The van der Waals surface area contributed by atoms with Gasteiger partial charge >= 0.3 is 0 Å². The fraction of sp³-hybridized carbons (Fsp3) is 0.348. The SMILES string of the molecule is CCCN(CC(C)C)c1ccc2nc(-c3cc(F)c4nc(C)c(F)n4c3)ncc2c1. The summed E-state index contributed by atoms with van der Waals surface area (Å²) in [6.45, 7) is 10.1. The van der Waals surface area contributed by atoms with E-state index in [1.165, 1.54) is 19.2 Å². The molecule has 0 radical (unpaired) electrons. The van der Waals surface area contributed by atoms with Crippen molar-refractivity contribution in [2.45, 2.75) is 34.1 Å². The van der Waals surface area contributed by atoms with E-state index in [4.69, 9.17) is 0 Å². The van der Waals surface area contributed by atoms with Gasteiger partial charge in [0.05, 0.1) is 11.2 Å². The number of pyridine rings is 1. The average molecular weight is 409 g/mol. The molecule has 0 aliphatic heterocycles. The van der Waals surface area contributed by atoms with Crippen LogP contribution in [0.1, 0.15) is 32.9 Å². The van der Waals surface area contributed by atoms with Crippen LogP contribution in [0.2, 0.25) is 0 Å². The van der Waals surface area contributed by atoms with Crippen molar-refractivity contribution in [1.29, 1.82) is 0 Å². The molecule has 4 aromatic rings. The highest BCUT2D eigenvalue weighted by molar-refractivity contribution is 5.83. The molecule has 7 heteroatoms. The maximum Gasteiger partial charge on any atom is 0.220 e. The number of hydrogen-bond acceptors (Lipinski definition) is 4. The van der Waals surface area contributed by atoms with Gasteiger partial charge < -0.3 is 4.90 Å². The van der Waals surface area contributed by atoms with Crippen LogP contribution in [0.3, 0.4) is 0 Å². The van der Waals surface area contributed by atoms with Crippen LogP contribution < -0.4 is 4.90 Å². The second-order valence-corrected chi connectivity index (χ2v) is 8.03. The van der Waals surface area contributed by atoms with Crippen LogP contribution in [0.4, 0.5) is 14.5 Å².